The lowest BCUT2D eigenvalue weighted by Crippen LogP contribution is -2.27. The summed E-state index contributed by atoms with van der Waals surface area (Å²) in [6.45, 7) is 4.57. The fourth-order valence-electron chi connectivity index (χ4n) is 2.25. The van der Waals surface area contributed by atoms with Crippen LogP contribution in [0.1, 0.15) is 13.8 Å². The molecule has 0 radical (unpaired) electrons. The zero-order valence-electron chi connectivity index (χ0n) is 11.3. The van der Waals surface area contributed by atoms with Crippen molar-refractivity contribution in [3.05, 3.63) is 46.8 Å². The number of halogens is 1. The SMILES string of the molecule is CC(C)Cn1c(-c2ccc[nH]2)nn2c(F)ccc2c1=O. The highest BCUT2D eigenvalue weighted by molar-refractivity contribution is 5.53. The van der Waals surface area contributed by atoms with Crippen molar-refractivity contribution in [1.82, 2.24) is 19.2 Å². The number of aromatic amines is 1. The van der Waals surface area contributed by atoms with Crippen molar-refractivity contribution in [3.63, 3.8) is 0 Å². The van der Waals surface area contributed by atoms with E-state index < -0.39 is 5.95 Å². The lowest BCUT2D eigenvalue weighted by atomic mass is 10.2. The van der Waals surface area contributed by atoms with Crippen molar-refractivity contribution < 1.29 is 4.39 Å². The Morgan fingerprint density at radius 3 is 2.80 bits per heavy atom. The van der Waals surface area contributed by atoms with Crippen LogP contribution in [0.15, 0.2) is 35.3 Å². The van der Waals surface area contributed by atoms with Crippen LogP contribution in [0.4, 0.5) is 4.39 Å². The van der Waals surface area contributed by atoms with E-state index in [0.717, 1.165) is 4.52 Å². The lowest BCUT2D eigenvalue weighted by Gasteiger charge is -2.13. The van der Waals surface area contributed by atoms with Gasteiger partial charge in [-0.15, -0.1) is 5.10 Å². The molecule has 6 heteroatoms. The van der Waals surface area contributed by atoms with E-state index in [1.807, 2.05) is 26.0 Å². The fraction of sp³-hybridized carbons (Fsp3) is 0.286. The van der Waals surface area contributed by atoms with Gasteiger partial charge >= 0.3 is 0 Å². The molecule has 3 heterocycles. The van der Waals surface area contributed by atoms with Gasteiger partial charge in [-0.05, 0) is 30.2 Å². The number of rotatable bonds is 3. The van der Waals surface area contributed by atoms with Crippen LogP contribution in [0, 0.1) is 11.9 Å². The molecule has 104 valence electrons. The third kappa shape index (κ3) is 1.93. The molecule has 3 aromatic heterocycles. The zero-order valence-corrected chi connectivity index (χ0v) is 11.3. The number of nitrogens with zero attached hydrogens (tertiary/aromatic N) is 3. The maximum absolute atomic E-state index is 13.7. The molecule has 0 amide bonds. The Balaban J connectivity index is 2.35. The van der Waals surface area contributed by atoms with Crippen LogP contribution in [0.5, 0.6) is 0 Å². The molecule has 0 saturated heterocycles. The first-order chi connectivity index (χ1) is 9.58. The van der Waals surface area contributed by atoms with Crippen molar-refractivity contribution in [2.75, 3.05) is 0 Å². The monoisotopic (exact) mass is 274 g/mol. The Bertz CT molecular complexity index is 799. The predicted octanol–water partition coefficient (Wildman–Crippen LogP) is 2.29. The summed E-state index contributed by atoms with van der Waals surface area (Å²) in [6.07, 6.45) is 1.75. The molecule has 5 nitrogen and oxygen atoms in total. The Kier molecular flexibility index (Phi) is 2.93. The summed E-state index contributed by atoms with van der Waals surface area (Å²) in [6, 6.07) is 6.34. The van der Waals surface area contributed by atoms with Crippen molar-refractivity contribution in [2.24, 2.45) is 5.92 Å². The molecule has 3 aromatic rings. The summed E-state index contributed by atoms with van der Waals surface area (Å²) < 4.78 is 16.3. The quantitative estimate of drug-likeness (QED) is 0.796. The van der Waals surface area contributed by atoms with Crippen LogP contribution in [0.25, 0.3) is 17.0 Å². The predicted molar refractivity (Wildman–Crippen MR) is 74.0 cm³/mol. The molecule has 0 aliphatic carbocycles. The molecular formula is C14H15FN4O. The largest absolute Gasteiger partial charge is 0.359 e. The fourth-order valence-corrected chi connectivity index (χ4v) is 2.25. The van der Waals surface area contributed by atoms with E-state index >= 15 is 0 Å². The van der Waals surface area contributed by atoms with Crippen molar-refractivity contribution >= 4 is 5.52 Å². The molecular weight excluding hydrogens is 259 g/mol. The van der Waals surface area contributed by atoms with Gasteiger partial charge in [0, 0.05) is 12.7 Å². The molecule has 0 atom stereocenters. The summed E-state index contributed by atoms with van der Waals surface area (Å²) in [7, 11) is 0. The second-order valence-corrected chi connectivity index (χ2v) is 5.17. The first-order valence-corrected chi connectivity index (χ1v) is 6.50. The van der Waals surface area contributed by atoms with E-state index in [0.29, 0.717) is 18.1 Å². The highest BCUT2D eigenvalue weighted by Crippen LogP contribution is 2.15. The van der Waals surface area contributed by atoms with E-state index in [2.05, 4.69) is 10.1 Å². The molecule has 20 heavy (non-hydrogen) atoms. The second kappa shape index (κ2) is 4.63. The van der Waals surface area contributed by atoms with Crippen LogP contribution in [-0.4, -0.2) is 19.2 Å². The number of nitrogens with one attached hydrogen (secondary N) is 1. The van der Waals surface area contributed by atoms with E-state index in [4.69, 9.17) is 0 Å². The third-order valence-electron chi connectivity index (χ3n) is 3.11. The average molecular weight is 274 g/mol. The van der Waals surface area contributed by atoms with Gasteiger partial charge in [-0.3, -0.25) is 9.36 Å². The van der Waals surface area contributed by atoms with E-state index in [1.54, 1.807) is 10.8 Å². The molecule has 3 rings (SSSR count). The normalized spacial score (nSPS) is 11.6. The Morgan fingerprint density at radius 2 is 2.15 bits per heavy atom. The van der Waals surface area contributed by atoms with Gasteiger partial charge in [0.2, 0.25) is 5.95 Å². The number of hydrogen-bond donors (Lipinski definition) is 1. The van der Waals surface area contributed by atoms with Crippen molar-refractivity contribution in [3.8, 4) is 11.5 Å². The molecule has 0 spiro atoms. The molecule has 0 aromatic carbocycles. The van der Waals surface area contributed by atoms with Crippen LogP contribution < -0.4 is 5.56 Å². The Labute approximate surface area is 114 Å². The van der Waals surface area contributed by atoms with Crippen LogP contribution in [-0.2, 0) is 6.54 Å². The highest BCUT2D eigenvalue weighted by Gasteiger charge is 2.16. The van der Waals surface area contributed by atoms with Crippen LogP contribution in [0.2, 0.25) is 0 Å². The molecule has 0 aliphatic heterocycles. The smallest absolute Gasteiger partial charge is 0.278 e. The topological polar surface area (TPSA) is 55.1 Å². The van der Waals surface area contributed by atoms with Crippen LogP contribution in [0.3, 0.4) is 0 Å². The number of H-pyrrole nitrogens is 1. The molecule has 0 aliphatic rings. The van der Waals surface area contributed by atoms with Gasteiger partial charge in [-0.1, -0.05) is 13.8 Å². The van der Waals surface area contributed by atoms with Gasteiger partial charge in [0.1, 0.15) is 5.52 Å². The lowest BCUT2D eigenvalue weighted by molar-refractivity contribution is 0.494. The summed E-state index contributed by atoms with van der Waals surface area (Å²) >= 11 is 0. The van der Waals surface area contributed by atoms with Gasteiger partial charge in [0.15, 0.2) is 5.82 Å². The molecule has 0 saturated carbocycles. The van der Waals surface area contributed by atoms with Gasteiger partial charge in [-0.25, -0.2) is 0 Å². The van der Waals surface area contributed by atoms with Gasteiger partial charge in [0.05, 0.1) is 5.69 Å². The first kappa shape index (κ1) is 12.7. The first-order valence-electron chi connectivity index (χ1n) is 6.50. The average Bonchev–Trinajstić information content (AvgIpc) is 3.02. The van der Waals surface area contributed by atoms with Crippen molar-refractivity contribution in [2.45, 2.75) is 20.4 Å². The summed E-state index contributed by atoms with van der Waals surface area (Å²) in [4.78, 5) is 15.5. The maximum Gasteiger partial charge on any atom is 0.278 e. The number of hydrogen-bond acceptors (Lipinski definition) is 2. The molecule has 0 bridgehead atoms. The van der Waals surface area contributed by atoms with Gasteiger partial charge in [-0.2, -0.15) is 8.91 Å². The van der Waals surface area contributed by atoms with Gasteiger partial charge in [0.25, 0.3) is 5.56 Å². The minimum absolute atomic E-state index is 0.234. The van der Waals surface area contributed by atoms with E-state index in [1.165, 1.54) is 12.1 Å². The van der Waals surface area contributed by atoms with Gasteiger partial charge < -0.3 is 4.98 Å². The summed E-state index contributed by atoms with van der Waals surface area (Å²) in [5.74, 6) is 0.184. The second-order valence-electron chi connectivity index (χ2n) is 5.17. The minimum Gasteiger partial charge on any atom is -0.359 e. The van der Waals surface area contributed by atoms with E-state index in [-0.39, 0.29) is 17.0 Å². The zero-order chi connectivity index (χ0) is 14.3. The maximum atomic E-state index is 13.7. The standard InChI is InChI=1S/C14H15FN4O/c1-9(2)8-18-13(10-4-3-7-16-10)17-19-11(14(18)20)5-6-12(19)15/h3-7,9,16H,8H2,1-2H3. The molecule has 1 N–H and O–H groups in total. The Morgan fingerprint density at radius 1 is 1.35 bits per heavy atom. The summed E-state index contributed by atoms with van der Waals surface area (Å²) in [5, 5.41) is 4.26. The van der Waals surface area contributed by atoms with Crippen molar-refractivity contribution in [1.29, 1.82) is 0 Å². The van der Waals surface area contributed by atoms with Crippen LogP contribution >= 0.6 is 0 Å². The number of fused-ring (bicyclic) bond motifs is 1. The Hall–Kier alpha value is -2.37. The number of aromatic nitrogens is 4. The summed E-state index contributed by atoms with van der Waals surface area (Å²) in [5.41, 5.74) is 0.707. The highest BCUT2D eigenvalue weighted by atomic mass is 19.1. The van der Waals surface area contributed by atoms with E-state index in [9.17, 15) is 9.18 Å². The third-order valence-corrected chi connectivity index (χ3v) is 3.11. The minimum atomic E-state index is -0.540. The molecule has 0 fully saturated rings. The molecule has 0 unspecified atom stereocenters.